The van der Waals surface area contributed by atoms with E-state index < -0.39 is 0 Å². The van der Waals surface area contributed by atoms with Crippen LogP contribution >= 0.6 is 0 Å². The van der Waals surface area contributed by atoms with Crippen LogP contribution in [0.25, 0.3) is 0 Å². The first-order chi connectivity index (χ1) is 7.69. The summed E-state index contributed by atoms with van der Waals surface area (Å²) in [4.78, 5) is 15.8. The van der Waals surface area contributed by atoms with Crippen LogP contribution in [0.5, 0.6) is 0 Å². The summed E-state index contributed by atoms with van der Waals surface area (Å²) < 4.78 is 0. The van der Waals surface area contributed by atoms with Crippen LogP contribution in [0.1, 0.15) is 49.6 Å². The van der Waals surface area contributed by atoms with Gasteiger partial charge in [-0.25, -0.2) is 4.98 Å². The third-order valence-electron chi connectivity index (χ3n) is 2.83. The van der Waals surface area contributed by atoms with Crippen LogP contribution in [0.15, 0.2) is 0 Å². The van der Waals surface area contributed by atoms with Gasteiger partial charge in [0.15, 0.2) is 0 Å². The third-order valence-corrected chi connectivity index (χ3v) is 2.83. The number of hydrogen-bond acceptors (Lipinski definition) is 3. The number of carbonyl (C=O) groups excluding carboxylic acids is 1. The number of nitrogens with one attached hydrogen (secondary N) is 2. The summed E-state index contributed by atoms with van der Waals surface area (Å²) in [5, 5.41) is 9.55. The molecule has 2 rings (SSSR count). The Morgan fingerprint density at radius 3 is 2.94 bits per heavy atom. The lowest BCUT2D eigenvalue weighted by atomic mass is 10.1. The van der Waals surface area contributed by atoms with Crippen molar-refractivity contribution in [2.24, 2.45) is 5.92 Å². The van der Waals surface area contributed by atoms with Gasteiger partial charge in [-0.3, -0.25) is 9.89 Å². The fourth-order valence-electron chi connectivity index (χ4n) is 1.76. The fourth-order valence-corrected chi connectivity index (χ4v) is 1.76. The standard InChI is InChI=1S/C11H18N4O/c1-3-9-13-10(15-14-9)11(16)12-7(2)6-8-4-5-8/h7-8H,3-6H2,1-2H3,(H,12,16)(H,13,14,15). The molecule has 0 aromatic carbocycles. The largest absolute Gasteiger partial charge is 0.347 e. The molecule has 1 aromatic heterocycles. The van der Waals surface area contributed by atoms with E-state index in [9.17, 15) is 4.79 Å². The van der Waals surface area contributed by atoms with Crippen molar-refractivity contribution in [3.63, 3.8) is 0 Å². The number of rotatable bonds is 5. The van der Waals surface area contributed by atoms with Crippen molar-refractivity contribution >= 4 is 5.91 Å². The van der Waals surface area contributed by atoms with Gasteiger partial charge in [-0.1, -0.05) is 19.8 Å². The normalized spacial score (nSPS) is 17.1. The zero-order valence-electron chi connectivity index (χ0n) is 9.79. The van der Waals surface area contributed by atoms with Crippen molar-refractivity contribution in [3.8, 4) is 0 Å². The van der Waals surface area contributed by atoms with Crippen molar-refractivity contribution in [3.05, 3.63) is 11.6 Å². The van der Waals surface area contributed by atoms with E-state index in [1.165, 1.54) is 12.8 Å². The first kappa shape index (κ1) is 11.1. The SMILES string of the molecule is CCc1nc(C(=O)NC(C)CC2CC2)n[nH]1. The van der Waals surface area contributed by atoms with E-state index in [4.69, 9.17) is 0 Å². The minimum absolute atomic E-state index is 0.177. The summed E-state index contributed by atoms with van der Waals surface area (Å²) in [7, 11) is 0. The second kappa shape index (κ2) is 4.63. The van der Waals surface area contributed by atoms with Gasteiger partial charge in [-0.05, 0) is 19.3 Å². The zero-order valence-corrected chi connectivity index (χ0v) is 9.79. The summed E-state index contributed by atoms with van der Waals surface area (Å²) in [5.41, 5.74) is 0. The highest BCUT2D eigenvalue weighted by atomic mass is 16.2. The number of aromatic nitrogens is 3. The lowest BCUT2D eigenvalue weighted by Crippen LogP contribution is -2.33. The highest BCUT2D eigenvalue weighted by Crippen LogP contribution is 2.33. The highest BCUT2D eigenvalue weighted by Gasteiger charge is 2.24. The number of carbonyl (C=O) groups is 1. The Labute approximate surface area is 95.0 Å². The van der Waals surface area contributed by atoms with E-state index in [-0.39, 0.29) is 17.8 Å². The molecule has 16 heavy (non-hydrogen) atoms. The monoisotopic (exact) mass is 222 g/mol. The highest BCUT2D eigenvalue weighted by molar-refractivity contribution is 5.90. The van der Waals surface area contributed by atoms with Crippen LogP contribution in [0.2, 0.25) is 0 Å². The molecule has 5 heteroatoms. The minimum Gasteiger partial charge on any atom is -0.347 e. The summed E-state index contributed by atoms with van der Waals surface area (Å²) in [5.74, 6) is 1.64. The molecule has 1 unspecified atom stereocenters. The molecule has 1 aliphatic carbocycles. The van der Waals surface area contributed by atoms with Crippen LogP contribution in [0, 0.1) is 5.92 Å². The molecule has 1 saturated carbocycles. The van der Waals surface area contributed by atoms with Crippen LogP contribution in [0.4, 0.5) is 0 Å². The first-order valence-electron chi connectivity index (χ1n) is 5.91. The topological polar surface area (TPSA) is 70.7 Å². The average Bonchev–Trinajstić information content (AvgIpc) is 2.93. The Hall–Kier alpha value is -1.39. The second-order valence-corrected chi connectivity index (χ2v) is 4.51. The summed E-state index contributed by atoms with van der Waals surface area (Å²) in [6, 6.07) is 0.212. The Balaban J connectivity index is 1.85. The molecule has 0 aliphatic heterocycles. The van der Waals surface area contributed by atoms with Gasteiger partial charge in [-0.2, -0.15) is 0 Å². The maximum atomic E-state index is 11.7. The third kappa shape index (κ3) is 2.81. The van der Waals surface area contributed by atoms with Crippen LogP contribution < -0.4 is 5.32 Å². The fraction of sp³-hybridized carbons (Fsp3) is 0.727. The van der Waals surface area contributed by atoms with E-state index in [0.29, 0.717) is 0 Å². The van der Waals surface area contributed by atoms with E-state index in [0.717, 1.165) is 24.6 Å². The lowest BCUT2D eigenvalue weighted by molar-refractivity contribution is 0.0927. The number of aromatic amines is 1. The van der Waals surface area contributed by atoms with Gasteiger partial charge in [0, 0.05) is 12.5 Å². The smallest absolute Gasteiger partial charge is 0.291 e. The average molecular weight is 222 g/mol. The summed E-state index contributed by atoms with van der Waals surface area (Å²) >= 11 is 0. The molecular formula is C11H18N4O. The van der Waals surface area contributed by atoms with Crippen molar-refractivity contribution in [2.75, 3.05) is 0 Å². The van der Waals surface area contributed by atoms with Gasteiger partial charge in [-0.15, -0.1) is 5.10 Å². The molecule has 1 aromatic rings. The summed E-state index contributed by atoms with van der Waals surface area (Å²) in [6.45, 7) is 4.00. The molecule has 0 spiro atoms. The Morgan fingerprint density at radius 1 is 1.62 bits per heavy atom. The molecule has 0 saturated heterocycles. The van der Waals surface area contributed by atoms with E-state index in [2.05, 4.69) is 20.5 Å². The van der Waals surface area contributed by atoms with E-state index >= 15 is 0 Å². The maximum Gasteiger partial charge on any atom is 0.291 e. The molecular weight excluding hydrogens is 204 g/mol. The molecule has 1 heterocycles. The predicted molar refractivity (Wildman–Crippen MR) is 60.0 cm³/mol. The van der Waals surface area contributed by atoms with Crippen molar-refractivity contribution in [1.29, 1.82) is 0 Å². The van der Waals surface area contributed by atoms with Crippen LogP contribution in [-0.4, -0.2) is 27.1 Å². The number of aryl methyl sites for hydroxylation is 1. The number of H-pyrrole nitrogens is 1. The molecule has 1 aliphatic rings. The van der Waals surface area contributed by atoms with Gasteiger partial charge in [0.25, 0.3) is 5.91 Å². The van der Waals surface area contributed by atoms with Gasteiger partial charge >= 0.3 is 0 Å². The maximum absolute atomic E-state index is 11.7. The quantitative estimate of drug-likeness (QED) is 0.788. The van der Waals surface area contributed by atoms with Gasteiger partial charge < -0.3 is 5.32 Å². The lowest BCUT2D eigenvalue weighted by Gasteiger charge is -2.11. The van der Waals surface area contributed by atoms with Crippen LogP contribution in [-0.2, 0) is 6.42 Å². The van der Waals surface area contributed by atoms with Crippen molar-refractivity contribution < 1.29 is 4.79 Å². The Kier molecular flexibility index (Phi) is 3.22. The minimum atomic E-state index is -0.177. The molecule has 5 nitrogen and oxygen atoms in total. The number of hydrogen-bond donors (Lipinski definition) is 2. The second-order valence-electron chi connectivity index (χ2n) is 4.51. The number of nitrogens with zero attached hydrogens (tertiary/aromatic N) is 2. The first-order valence-corrected chi connectivity index (χ1v) is 5.91. The van der Waals surface area contributed by atoms with E-state index in [1.54, 1.807) is 0 Å². The van der Waals surface area contributed by atoms with E-state index in [1.807, 2.05) is 13.8 Å². The molecule has 0 bridgehead atoms. The molecule has 0 radical (unpaired) electrons. The van der Waals surface area contributed by atoms with Gasteiger partial charge in [0.05, 0.1) is 0 Å². The number of amides is 1. The molecule has 1 amide bonds. The molecule has 1 atom stereocenters. The van der Waals surface area contributed by atoms with Crippen molar-refractivity contribution in [2.45, 2.75) is 45.6 Å². The molecule has 88 valence electrons. The van der Waals surface area contributed by atoms with Gasteiger partial charge in [0.1, 0.15) is 5.82 Å². The Bertz CT molecular complexity index is 370. The molecule has 1 fully saturated rings. The van der Waals surface area contributed by atoms with Gasteiger partial charge in [0.2, 0.25) is 5.82 Å². The zero-order chi connectivity index (χ0) is 11.5. The van der Waals surface area contributed by atoms with Crippen LogP contribution in [0.3, 0.4) is 0 Å². The Morgan fingerprint density at radius 2 is 2.38 bits per heavy atom. The van der Waals surface area contributed by atoms with Crippen molar-refractivity contribution in [1.82, 2.24) is 20.5 Å². The molecule has 2 N–H and O–H groups in total. The summed E-state index contributed by atoms with van der Waals surface area (Å²) in [6.07, 6.45) is 4.44. The predicted octanol–water partition coefficient (Wildman–Crippen LogP) is 1.29.